The van der Waals surface area contributed by atoms with Crippen molar-refractivity contribution in [1.82, 2.24) is 0 Å². The molecule has 114 valence electrons. The maximum atomic E-state index is 11.9. The van der Waals surface area contributed by atoms with Crippen molar-refractivity contribution in [3.05, 3.63) is 35.9 Å². The van der Waals surface area contributed by atoms with Crippen LogP contribution in [0.25, 0.3) is 0 Å². The zero-order chi connectivity index (χ0) is 15.3. The Morgan fingerprint density at radius 1 is 1.05 bits per heavy atom. The average molecular weight is 304 g/mol. The number of ether oxygens (including phenoxy) is 4. The summed E-state index contributed by atoms with van der Waals surface area (Å²) in [7, 11) is 0. The summed E-state index contributed by atoms with van der Waals surface area (Å²) in [5.41, 5.74) is 0.422. The van der Waals surface area contributed by atoms with Gasteiger partial charge in [-0.05, 0) is 12.1 Å². The fourth-order valence-corrected chi connectivity index (χ4v) is 3.24. The van der Waals surface area contributed by atoms with Crippen LogP contribution < -0.4 is 0 Å². The van der Waals surface area contributed by atoms with Crippen molar-refractivity contribution >= 4 is 18.1 Å². The van der Waals surface area contributed by atoms with Gasteiger partial charge in [0.2, 0.25) is 0 Å². The highest BCUT2D eigenvalue weighted by molar-refractivity contribution is 5.89. The van der Waals surface area contributed by atoms with E-state index in [1.807, 2.05) is 0 Å². The molecule has 0 radical (unpaired) electrons. The molecule has 2 saturated heterocycles. The molecule has 5 atom stereocenters. The van der Waals surface area contributed by atoms with E-state index in [0.29, 0.717) is 5.56 Å². The summed E-state index contributed by atoms with van der Waals surface area (Å²) in [6.07, 6.45) is -2.44. The zero-order valence-corrected chi connectivity index (χ0v) is 11.3. The molecule has 4 rings (SSSR count). The molecule has 2 heterocycles. The van der Waals surface area contributed by atoms with Gasteiger partial charge in [0, 0.05) is 0 Å². The lowest BCUT2D eigenvalue weighted by atomic mass is 9.67. The Balaban J connectivity index is 1.41. The number of fused-ring (bicyclic) bond motifs is 4. The highest BCUT2D eigenvalue weighted by Gasteiger charge is 2.70. The van der Waals surface area contributed by atoms with E-state index in [2.05, 4.69) is 0 Å². The minimum atomic E-state index is -0.766. The Morgan fingerprint density at radius 2 is 1.77 bits per heavy atom. The zero-order valence-electron chi connectivity index (χ0n) is 11.3. The van der Waals surface area contributed by atoms with E-state index in [9.17, 15) is 14.4 Å². The van der Waals surface area contributed by atoms with Crippen molar-refractivity contribution in [2.75, 3.05) is 6.61 Å². The first-order valence-corrected chi connectivity index (χ1v) is 6.95. The van der Waals surface area contributed by atoms with E-state index >= 15 is 0 Å². The molecule has 7 heteroatoms. The van der Waals surface area contributed by atoms with Gasteiger partial charge in [0.25, 0.3) is 0 Å². The summed E-state index contributed by atoms with van der Waals surface area (Å²) >= 11 is 0. The van der Waals surface area contributed by atoms with Gasteiger partial charge in [-0.15, -0.1) is 0 Å². The second-order valence-electron chi connectivity index (χ2n) is 5.46. The molecule has 2 aliphatic heterocycles. The fraction of sp³-hybridized carbons (Fsp3) is 0.400. The van der Waals surface area contributed by atoms with Crippen molar-refractivity contribution in [3.63, 3.8) is 0 Å². The van der Waals surface area contributed by atoms with Crippen LogP contribution in [0.3, 0.4) is 0 Å². The van der Waals surface area contributed by atoms with Gasteiger partial charge in [0.15, 0.2) is 12.2 Å². The summed E-state index contributed by atoms with van der Waals surface area (Å²) in [4.78, 5) is 34.8. The monoisotopic (exact) mass is 304 g/mol. The van der Waals surface area contributed by atoms with Crippen LogP contribution in [0, 0.1) is 11.8 Å². The molecule has 0 bridgehead atoms. The molecule has 0 aromatic heterocycles. The van der Waals surface area contributed by atoms with Crippen LogP contribution in [0.2, 0.25) is 0 Å². The van der Waals surface area contributed by atoms with Gasteiger partial charge in [-0.1, -0.05) is 18.2 Å². The van der Waals surface area contributed by atoms with Crippen molar-refractivity contribution in [3.8, 4) is 0 Å². The number of hydrogen-bond acceptors (Lipinski definition) is 7. The molecule has 0 spiro atoms. The number of benzene rings is 1. The van der Waals surface area contributed by atoms with Gasteiger partial charge in [0.05, 0.1) is 11.5 Å². The minimum Gasteiger partial charge on any atom is -0.458 e. The second-order valence-corrected chi connectivity index (χ2v) is 5.46. The van der Waals surface area contributed by atoms with Crippen molar-refractivity contribution in [2.24, 2.45) is 11.8 Å². The lowest BCUT2D eigenvalue weighted by Crippen LogP contribution is -2.56. The van der Waals surface area contributed by atoms with Crippen molar-refractivity contribution in [1.29, 1.82) is 0 Å². The number of hydrogen-bond donors (Lipinski definition) is 0. The number of carbonyl (C=O) groups excluding carboxylic acids is 3. The average Bonchev–Trinajstić information content (AvgIpc) is 2.98. The van der Waals surface area contributed by atoms with Gasteiger partial charge in [-0.25, -0.2) is 9.59 Å². The van der Waals surface area contributed by atoms with Gasteiger partial charge in [-0.3, -0.25) is 4.79 Å². The van der Waals surface area contributed by atoms with Crippen LogP contribution in [0.5, 0.6) is 0 Å². The van der Waals surface area contributed by atoms with Gasteiger partial charge in [-0.2, -0.15) is 0 Å². The summed E-state index contributed by atoms with van der Waals surface area (Å²) in [6, 6.07) is 8.53. The quantitative estimate of drug-likeness (QED) is 0.606. The maximum Gasteiger partial charge on any atom is 0.509 e. The maximum absolute atomic E-state index is 11.9. The third-order valence-corrected chi connectivity index (χ3v) is 4.29. The summed E-state index contributed by atoms with van der Waals surface area (Å²) in [5.74, 6) is -1.76. The topological polar surface area (TPSA) is 88.1 Å². The fourth-order valence-electron chi connectivity index (χ4n) is 3.24. The Bertz CT molecular complexity index is 641. The van der Waals surface area contributed by atoms with Gasteiger partial charge in [0.1, 0.15) is 18.6 Å². The van der Waals surface area contributed by atoms with Crippen LogP contribution in [-0.4, -0.2) is 43.0 Å². The molecule has 1 aromatic carbocycles. The SMILES string of the molecule is O=C1O[C@@H]2[C@H](O1)[C@H]1C(=O)O[C@H](COC(=O)c3ccccc3)[C@@H]21. The lowest BCUT2D eigenvalue weighted by molar-refractivity contribution is -0.149. The normalized spacial score (nSPS) is 34.6. The van der Waals surface area contributed by atoms with E-state index in [1.165, 1.54) is 0 Å². The summed E-state index contributed by atoms with van der Waals surface area (Å²) < 4.78 is 20.3. The van der Waals surface area contributed by atoms with Gasteiger partial charge < -0.3 is 18.9 Å². The molecular formula is C15H12O7. The van der Waals surface area contributed by atoms with Gasteiger partial charge >= 0.3 is 18.1 Å². The molecule has 0 N–H and O–H groups in total. The first-order chi connectivity index (χ1) is 10.6. The molecule has 1 aliphatic carbocycles. The molecule has 3 aliphatic rings. The third kappa shape index (κ3) is 1.85. The van der Waals surface area contributed by atoms with Crippen LogP contribution in [-0.2, 0) is 23.7 Å². The largest absolute Gasteiger partial charge is 0.509 e. The number of cyclic esters (lactones) is 1. The van der Waals surface area contributed by atoms with Crippen molar-refractivity contribution < 1.29 is 33.3 Å². The first kappa shape index (κ1) is 13.1. The number of esters is 2. The Morgan fingerprint density at radius 3 is 2.55 bits per heavy atom. The molecular weight excluding hydrogens is 292 g/mol. The molecule has 22 heavy (non-hydrogen) atoms. The Kier molecular flexibility index (Phi) is 2.82. The van der Waals surface area contributed by atoms with E-state index in [-0.39, 0.29) is 12.5 Å². The van der Waals surface area contributed by atoms with Crippen LogP contribution >= 0.6 is 0 Å². The van der Waals surface area contributed by atoms with E-state index < -0.39 is 42.3 Å². The third-order valence-electron chi connectivity index (χ3n) is 4.29. The summed E-state index contributed by atoms with van der Waals surface area (Å²) in [5, 5.41) is 0. The first-order valence-electron chi connectivity index (χ1n) is 6.95. The summed E-state index contributed by atoms with van der Waals surface area (Å²) in [6.45, 7) is -0.0681. The Hall–Kier alpha value is -2.57. The Labute approximate surface area is 125 Å². The lowest BCUT2D eigenvalue weighted by Gasteiger charge is -2.37. The molecule has 1 aromatic rings. The smallest absolute Gasteiger partial charge is 0.458 e. The van der Waals surface area contributed by atoms with E-state index in [0.717, 1.165) is 0 Å². The van der Waals surface area contributed by atoms with Crippen LogP contribution in [0.4, 0.5) is 4.79 Å². The predicted octanol–water partition coefficient (Wildman–Crippen LogP) is 0.919. The predicted molar refractivity (Wildman–Crippen MR) is 68.7 cm³/mol. The van der Waals surface area contributed by atoms with Crippen molar-refractivity contribution in [2.45, 2.75) is 18.3 Å². The molecule has 7 nitrogen and oxygen atoms in total. The van der Waals surface area contributed by atoms with E-state index in [1.54, 1.807) is 30.3 Å². The highest BCUT2D eigenvalue weighted by atomic mass is 16.8. The molecule has 0 amide bonds. The van der Waals surface area contributed by atoms with E-state index in [4.69, 9.17) is 18.9 Å². The van der Waals surface area contributed by atoms with Crippen LogP contribution in [0.1, 0.15) is 10.4 Å². The standard InChI is InChI=1S/C15H12O7/c16-13(7-4-2-1-3-5-7)19-6-8-9-10(14(17)20-8)12-11(9)21-15(18)22-12/h1-5,8-12H,6H2/t8-,9-,10+,11+,12-/m1/s1. The highest BCUT2D eigenvalue weighted by Crippen LogP contribution is 2.50. The molecule has 3 fully saturated rings. The molecule has 1 saturated carbocycles. The second kappa shape index (κ2) is 4.72. The number of carbonyl (C=O) groups is 3. The number of rotatable bonds is 3. The molecule has 0 unspecified atom stereocenters. The van der Waals surface area contributed by atoms with Crippen LogP contribution in [0.15, 0.2) is 30.3 Å². The minimum absolute atomic E-state index is 0.0681.